The third-order valence-electron chi connectivity index (χ3n) is 6.96. The van der Waals surface area contributed by atoms with Gasteiger partial charge in [-0.2, -0.15) is 0 Å². The summed E-state index contributed by atoms with van der Waals surface area (Å²) >= 11 is 0. The van der Waals surface area contributed by atoms with Crippen molar-refractivity contribution in [3.63, 3.8) is 0 Å². The number of carboxylic acids is 2. The van der Waals surface area contributed by atoms with Crippen molar-refractivity contribution in [2.75, 3.05) is 39.1 Å². The predicted molar refractivity (Wildman–Crippen MR) is 178 cm³/mol. The average molecular weight is 670 g/mol. The van der Waals surface area contributed by atoms with Gasteiger partial charge in [0.15, 0.2) is 15.8 Å². The molecule has 46 heavy (non-hydrogen) atoms. The van der Waals surface area contributed by atoms with Gasteiger partial charge in [0.05, 0.1) is 16.6 Å². The lowest BCUT2D eigenvalue weighted by atomic mass is 10.0. The zero-order valence-electron chi connectivity index (χ0n) is 26.8. The standard InChI is InChI=1S/C25H35NO6S.C6H14N4O2.H2O/c1-3-4-7-15-26(16-8-17-32-2)25(29)22(12-14-24(27)28)19-33(30,31)23-13-11-20-9-5-6-10-21(20)18-23;7-4(5(11)12)2-1-3-10-6(8)9;/h5-6,9-11,13,18,22H,3-4,7-8,12,14-17,19H2,1-2H3,(H,27,28);4H,1-3,7H2,(H,11,12)(H4,8,9,10);1H2/t;4-;/m.0./s1. The van der Waals surface area contributed by atoms with Gasteiger partial charge in [-0.05, 0) is 55.0 Å². The van der Waals surface area contributed by atoms with E-state index in [1.807, 2.05) is 24.3 Å². The first kappa shape index (κ1) is 42.2. The van der Waals surface area contributed by atoms with E-state index < -0.39 is 39.5 Å². The third-order valence-corrected chi connectivity index (χ3v) is 8.77. The molecule has 0 aliphatic heterocycles. The van der Waals surface area contributed by atoms with E-state index in [4.69, 9.17) is 27.0 Å². The number of nitrogens with two attached hydrogens (primary N) is 3. The summed E-state index contributed by atoms with van der Waals surface area (Å²) in [6.45, 7) is 3.96. The van der Waals surface area contributed by atoms with Crippen LogP contribution >= 0.6 is 0 Å². The van der Waals surface area contributed by atoms with Crippen LogP contribution in [0.5, 0.6) is 0 Å². The zero-order chi connectivity index (χ0) is 33.8. The summed E-state index contributed by atoms with van der Waals surface area (Å²) in [6, 6.07) is 11.6. The van der Waals surface area contributed by atoms with Crippen molar-refractivity contribution in [2.45, 2.75) is 69.2 Å². The molecule has 0 saturated heterocycles. The monoisotopic (exact) mass is 669 g/mol. The molecular weight excluding hydrogens is 618 g/mol. The molecule has 2 rings (SSSR count). The number of sulfone groups is 1. The van der Waals surface area contributed by atoms with E-state index in [0.717, 1.165) is 30.0 Å². The normalized spacial score (nSPS) is 12.2. The molecule has 1 unspecified atom stereocenters. The smallest absolute Gasteiger partial charge is 0.320 e. The maximum Gasteiger partial charge on any atom is 0.320 e. The number of ether oxygens (including phenoxy) is 1. The summed E-state index contributed by atoms with van der Waals surface area (Å²) in [5.74, 6) is -3.66. The number of rotatable bonds is 20. The van der Waals surface area contributed by atoms with E-state index in [9.17, 15) is 27.9 Å². The SMILES string of the molecule is CCCCCN(CCCOC)C(=O)C(CCC(=O)O)CS(=O)(=O)c1ccc2ccccc2c1.NC(N)=NCCC[C@H](N)C(=O)O.O. The molecule has 0 heterocycles. The Balaban J connectivity index is 0.00000132. The Hall–Kier alpha value is -3.79. The first-order chi connectivity index (χ1) is 21.3. The second kappa shape index (κ2) is 22.7. The van der Waals surface area contributed by atoms with Crippen molar-refractivity contribution >= 4 is 44.4 Å². The second-order valence-electron chi connectivity index (χ2n) is 10.7. The van der Waals surface area contributed by atoms with E-state index in [0.29, 0.717) is 45.5 Å². The Morgan fingerprint density at radius 3 is 2.20 bits per heavy atom. The Bertz CT molecular complexity index is 1340. The second-order valence-corrected chi connectivity index (χ2v) is 12.7. The fraction of sp³-hybridized carbons (Fsp3) is 0.548. The minimum Gasteiger partial charge on any atom is -0.481 e. The van der Waals surface area contributed by atoms with E-state index in [1.165, 1.54) is 0 Å². The highest BCUT2D eigenvalue weighted by Gasteiger charge is 2.30. The van der Waals surface area contributed by atoms with Crippen LogP contribution in [-0.2, 0) is 29.0 Å². The van der Waals surface area contributed by atoms with Gasteiger partial charge < -0.3 is 42.5 Å². The van der Waals surface area contributed by atoms with Crippen LogP contribution in [0.1, 0.15) is 58.3 Å². The van der Waals surface area contributed by atoms with Gasteiger partial charge in [0.2, 0.25) is 5.91 Å². The number of hydrogen-bond donors (Lipinski definition) is 5. The number of hydrogen-bond acceptors (Lipinski definition) is 8. The van der Waals surface area contributed by atoms with Gasteiger partial charge in [-0.1, -0.05) is 50.1 Å². The van der Waals surface area contributed by atoms with E-state index in [1.54, 1.807) is 30.2 Å². The van der Waals surface area contributed by atoms with Crippen molar-refractivity contribution in [3.05, 3.63) is 42.5 Å². The fourth-order valence-corrected chi connectivity index (χ4v) is 6.10. The van der Waals surface area contributed by atoms with Gasteiger partial charge in [0.25, 0.3) is 0 Å². The average Bonchev–Trinajstić information content (AvgIpc) is 3.00. The van der Waals surface area contributed by atoms with E-state index in [2.05, 4.69) is 11.9 Å². The molecule has 2 atom stereocenters. The summed E-state index contributed by atoms with van der Waals surface area (Å²) in [7, 11) is -2.20. The Morgan fingerprint density at radius 1 is 0.957 bits per heavy atom. The van der Waals surface area contributed by atoms with Gasteiger partial charge >= 0.3 is 11.9 Å². The lowest BCUT2D eigenvalue weighted by Crippen LogP contribution is -2.40. The number of aliphatic carboxylic acids is 2. The lowest BCUT2D eigenvalue weighted by Gasteiger charge is -2.27. The first-order valence-corrected chi connectivity index (χ1v) is 16.7. The molecule has 15 heteroatoms. The number of guanidine groups is 1. The Kier molecular flexibility index (Phi) is 20.8. The molecular formula is C31H51N5O9S. The minimum absolute atomic E-state index is 0. The summed E-state index contributed by atoms with van der Waals surface area (Å²) in [5, 5.41) is 19.3. The Morgan fingerprint density at radius 2 is 1.61 bits per heavy atom. The number of fused-ring (bicyclic) bond motifs is 1. The van der Waals surface area contributed by atoms with Crippen molar-refractivity contribution in [1.82, 2.24) is 4.90 Å². The number of nitrogens with zero attached hydrogens (tertiary/aromatic N) is 2. The first-order valence-electron chi connectivity index (χ1n) is 15.1. The van der Waals surface area contributed by atoms with Crippen molar-refractivity contribution in [3.8, 4) is 0 Å². The number of aliphatic imine (C=N–C) groups is 1. The van der Waals surface area contributed by atoms with Gasteiger partial charge in [0, 0.05) is 39.8 Å². The van der Waals surface area contributed by atoms with Crippen molar-refractivity contribution in [1.29, 1.82) is 0 Å². The maximum absolute atomic E-state index is 13.4. The molecule has 0 saturated carbocycles. The summed E-state index contributed by atoms with van der Waals surface area (Å²) in [6.07, 6.45) is 4.09. The number of benzene rings is 2. The van der Waals surface area contributed by atoms with Crippen LogP contribution in [0, 0.1) is 5.92 Å². The fourth-order valence-electron chi connectivity index (χ4n) is 4.48. The van der Waals surface area contributed by atoms with Crippen molar-refractivity contribution < 1.29 is 43.2 Å². The van der Waals surface area contributed by atoms with Gasteiger partial charge in [-0.25, -0.2) is 8.42 Å². The van der Waals surface area contributed by atoms with Crippen LogP contribution in [0.2, 0.25) is 0 Å². The highest BCUT2D eigenvalue weighted by atomic mass is 32.2. The van der Waals surface area contributed by atoms with Crippen molar-refractivity contribution in [2.24, 2.45) is 28.1 Å². The predicted octanol–water partition coefficient (Wildman–Crippen LogP) is 1.78. The number of carbonyl (C=O) groups is 3. The molecule has 1 amide bonds. The highest BCUT2D eigenvalue weighted by Crippen LogP contribution is 2.24. The summed E-state index contributed by atoms with van der Waals surface area (Å²) in [5.41, 5.74) is 15.3. The van der Waals surface area contributed by atoms with Crippen LogP contribution in [0.15, 0.2) is 52.4 Å². The molecule has 0 aliphatic rings. The van der Waals surface area contributed by atoms with Crippen LogP contribution in [0.25, 0.3) is 10.8 Å². The molecule has 0 radical (unpaired) electrons. The molecule has 2 aromatic rings. The topological polar surface area (TPSA) is 260 Å². The number of carbonyl (C=O) groups excluding carboxylic acids is 1. The van der Waals surface area contributed by atoms with Gasteiger partial charge in [0.1, 0.15) is 6.04 Å². The third kappa shape index (κ3) is 16.5. The molecule has 0 bridgehead atoms. The number of unbranched alkanes of at least 4 members (excludes halogenated alkanes) is 2. The van der Waals surface area contributed by atoms with Crippen LogP contribution in [0.3, 0.4) is 0 Å². The number of amides is 1. The van der Waals surface area contributed by atoms with Crippen LogP contribution in [-0.4, -0.2) is 98.0 Å². The lowest BCUT2D eigenvalue weighted by molar-refractivity contribution is -0.140. The molecule has 0 spiro atoms. The molecule has 0 aromatic heterocycles. The largest absolute Gasteiger partial charge is 0.481 e. The summed E-state index contributed by atoms with van der Waals surface area (Å²) < 4.78 is 31.6. The number of methoxy groups -OCH3 is 1. The molecule has 10 N–H and O–H groups in total. The minimum atomic E-state index is -3.79. The molecule has 0 aliphatic carbocycles. The molecule has 2 aromatic carbocycles. The molecule has 14 nitrogen and oxygen atoms in total. The van der Waals surface area contributed by atoms with Gasteiger partial charge in [-0.3, -0.25) is 19.4 Å². The molecule has 0 fully saturated rings. The summed E-state index contributed by atoms with van der Waals surface area (Å²) in [4.78, 5) is 40.3. The van der Waals surface area contributed by atoms with Gasteiger partial charge in [-0.15, -0.1) is 0 Å². The number of carboxylic acid groups (broad SMARTS) is 2. The molecule has 260 valence electrons. The quantitative estimate of drug-likeness (QED) is 0.0770. The van der Waals surface area contributed by atoms with Crippen LogP contribution in [0.4, 0.5) is 0 Å². The Labute approximate surface area is 271 Å². The van der Waals surface area contributed by atoms with E-state index >= 15 is 0 Å². The van der Waals surface area contributed by atoms with Crippen LogP contribution < -0.4 is 17.2 Å². The maximum atomic E-state index is 13.4. The zero-order valence-corrected chi connectivity index (χ0v) is 27.6. The van der Waals surface area contributed by atoms with E-state index in [-0.39, 0.29) is 35.1 Å². The highest BCUT2D eigenvalue weighted by molar-refractivity contribution is 7.91.